The van der Waals surface area contributed by atoms with Crippen molar-refractivity contribution in [3.05, 3.63) is 23.8 Å². The number of hydrogen-bond acceptors (Lipinski definition) is 10. The summed E-state index contributed by atoms with van der Waals surface area (Å²) in [7, 11) is 0. The maximum absolute atomic E-state index is 12.6. The van der Waals surface area contributed by atoms with Crippen LogP contribution in [-0.2, 0) is 33.3 Å². The van der Waals surface area contributed by atoms with Gasteiger partial charge in [0.05, 0.1) is 12.0 Å². The van der Waals surface area contributed by atoms with Crippen molar-refractivity contribution < 1.29 is 43.5 Å². The molecule has 2 unspecified atom stereocenters. The van der Waals surface area contributed by atoms with Gasteiger partial charge in [0.25, 0.3) is 0 Å². The van der Waals surface area contributed by atoms with E-state index in [2.05, 4.69) is 0 Å². The van der Waals surface area contributed by atoms with Crippen LogP contribution in [0.5, 0.6) is 11.5 Å². The van der Waals surface area contributed by atoms with E-state index in [-0.39, 0.29) is 49.8 Å². The average Bonchev–Trinajstić information content (AvgIpc) is 2.77. The van der Waals surface area contributed by atoms with E-state index in [4.69, 9.17) is 36.3 Å². The lowest BCUT2D eigenvalue weighted by molar-refractivity contribution is -0.244. The minimum atomic E-state index is -1.22. The zero-order valence-electron chi connectivity index (χ0n) is 19.3. The Balaban J connectivity index is 1.99. The first-order valence-corrected chi connectivity index (χ1v) is 11.7. The monoisotopic (exact) mass is 501 g/mol. The van der Waals surface area contributed by atoms with Gasteiger partial charge in [0.2, 0.25) is 6.29 Å². The van der Waals surface area contributed by atoms with Crippen molar-refractivity contribution in [1.82, 2.24) is 0 Å². The summed E-state index contributed by atoms with van der Waals surface area (Å²) in [6.45, 7) is 3.64. The van der Waals surface area contributed by atoms with Crippen LogP contribution < -0.4 is 5.73 Å². The SMILES string of the molecule is CCCC(=O)O[C@@H]1COC(OC(=O)[C@@H](N)CC(Cl)c2ccc(O)c(O)c2)[C@H](OC(=O)CCC)C1. The summed E-state index contributed by atoms with van der Waals surface area (Å²) in [5.41, 5.74) is 6.41. The first-order chi connectivity index (χ1) is 16.1. The van der Waals surface area contributed by atoms with Gasteiger partial charge in [-0.15, -0.1) is 11.6 Å². The molecule has 0 bridgehead atoms. The zero-order chi connectivity index (χ0) is 25.3. The van der Waals surface area contributed by atoms with Crippen LogP contribution in [0.1, 0.15) is 63.3 Å². The van der Waals surface area contributed by atoms with Gasteiger partial charge >= 0.3 is 17.9 Å². The molecule has 1 heterocycles. The molecule has 1 aliphatic rings. The summed E-state index contributed by atoms with van der Waals surface area (Å²) in [6, 6.07) is 2.91. The molecular weight excluding hydrogens is 470 g/mol. The van der Waals surface area contributed by atoms with E-state index >= 15 is 0 Å². The summed E-state index contributed by atoms with van der Waals surface area (Å²) >= 11 is 6.31. The van der Waals surface area contributed by atoms with Crippen molar-refractivity contribution in [2.75, 3.05) is 6.61 Å². The van der Waals surface area contributed by atoms with Gasteiger partial charge in [0, 0.05) is 19.3 Å². The normalized spacial score (nSPS) is 21.8. The van der Waals surface area contributed by atoms with E-state index in [1.54, 1.807) is 0 Å². The number of rotatable bonds is 11. The Morgan fingerprint density at radius 3 is 2.35 bits per heavy atom. The minimum Gasteiger partial charge on any atom is -0.504 e. The Morgan fingerprint density at radius 2 is 1.74 bits per heavy atom. The second kappa shape index (κ2) is 13.4. The Labute approximate surface area is 203 Å². The molecule has 4 N–H and O–H groups in total. The number of phenols is 2. The summed E-state index contributed by atoms with van der Waals surface area (Å²) in [6.07, 6.45) is -1.12. The number of nitrogens with two attached hydrogens (primary N) is 1. The fraction of sp³-hybridized carbons (Fsp3) is 0.609. The molecule has 11 heteroatoms. The Hall–Kier alpha value is -2.56. The number of ether oxygens (including phenoxy) is 4. The van der Waals surface area contributed by atoms with Crippen LogP contribution in [0.4, 0.5) is 0 Å². The summed E-state index contributed by atoms with van der Waals surface area (Å²) in [4.78, 5) is 36.5. The zero-order valence-corrected chi connectivity index (χ0v) is 20.0. The van der Waals surface area contributed by atoms with E-state index in [0.717, 1.165) is 0 Å². The molecule has 5 atom stereocenters. The molecule has 0 spiro atoms. The van der Waals surface area contributed by atoms with E-state index in [0.29, 0.717) is 18.4 Å². The van der Waals surface area contributed by atoms with E-state index in [1.807, 2.05) is 13.8 Å². The fourth-order valence-electron chi connectivity index (χ4n) is 3.32. The van der Waals surface area contributed by atoms with E-state index in [9.17, 15) is 24.6 Å². The molecule has 1 fully saturated rings. The third kappa shape index (κ3) is 8.34. The molecule has 1 aliphatic heterocycles. The maximum Gasteiger partial charge on any atom is 0.325 e. The third-order valence-electron chi connectivity index (χ3n) is 5.09. The molecular formula is C23H32ClNO9. The molecule has 190 valence electrons. The molecule has 0 radical (unpaired) electrons. The standard InChI is InChI=1S/C23H32ClNO9/c1-3-5-20(28)32-14-10-19(33-21(29)6-4-2)23(31-12-14)34-22(30)16(25)11-15(24)13-7-8-17(26)18(27)9-13/h7-9,14-16,19,23,26-27H,3-6,10-12,25H2,1-2H3/t14-,15?,16-,19+,23?/m0/s1. The number of benzene rings is 1. The van der Waals surface area contributed by atoms with Gasteiger partial charge in [-0.25, -0.2) is 0 Å². The molecule has 1 saturated heterocycles. The Kier molecular flexibility index (Phi) is 10.9. The quantitative estimate of drug-likeness (QED) is 0.178. The lowest BCUT2D eigenvalue weighted by Crippen LogP contribution is -2.49. The Bertz CT molecular complexity index is 850. The van der Waals surface area contributed by atoms with Crippen LogP contribution >= 0.6 is 11.6 Å². The lowest BCUT2D eigenvalue weighted by atomic mass is 10.0. The second-order valence-electron chi connectivity index (χ2n) is 8.07. The maximum atomic E-state index is 12.6. The molecule has 0 saturated carbocycles. The largest absolute Gasteiger partial charge is 0.504 e. The predicted octanol–water partition coefficient (Wildman–Crippen LogP) is 2.81. The first kappa shape index (κ1) is 27.7. The summed E-state index contributed by atoms with van der Waals surface area (Å²) in [5, 5.41) is 18.3. The van der Waals surface area contributed by atoms with E-state index < -0.39 is 41.9 Å². The Morgan fingerprint density at radius 1 is 1.09 bits per heavy atom. The number of carbonyl (C=O) groups is 3. The number of aromatic hydroxyl groups is 2. The highest BCUT2D eigenvalue weighted by Gasteiger charge is 2.39. The highest BCUT2D eigenvalue weighted by Crippen LogP contribution is 2.33. The van der Waals surface area contributed by atoms with Gasteiger partial charge in [-0.05, 0) is 37.0 Å². The minimum absolute atomic E-state index is 0.0324. The molecule has 2 rings (SSSR count). The van der Waals surface area contributed by atoms with Crippen molar-refractivity contribution in [3.8, 4) is 11.5 Å². The molecule has 10 nitrogen and oxygen atoms in total. The number of halogens is 1. The van der Waals surface area contributed by atoms with Crippen molar-refractivity contribution in [1.29, 1.82) is 0 Å². The topological polar surface area (TPSA) is 155 Å². The number of alkyl halides is 1. The molecule has 34 heavy (non-hydrogen) atoms. The number of phenolic OH excluding ortho intramolecular Hbond substituents is 2. The molecule has 0 amide bonds. The van der Waals surface area contributed by atoms with Crippen molar-refractivity contribution in [3.63, 3.8) is 0 Å². The fourth-order valence-corrected chi connectivity index (χ4v) is 3.64. The van der Waals surface area contributed by atoms with Crippen LogP contribution in [-0.4, -0.2) is 59.3 Å². The van der Waals surface area contributed by atoms with Crippen LogP contribution in [0, 0.1) is 0 Å². The number of hydrogen-bond donors (Lipinski definition) is 3. The molecule has 1 aromatic rings. The highest BCUT2D eigenvalue weighted by atomic mass is 35.5. The third-order valence-corrected chi connectivity index (χ3v) is 5.52. The molecule has 1 aromatic carbocycles. The van der Waals surface area contributed by atoms with Gasteiger partial charge in [0.1, 0.15) is 12.1 Å². The highest BCUT2D eigenvalue weighted by molar-refractivity contribution is 6.21. The first-order valence-electron chi connectivity index (χ1n) is 11.3. The van der Waals surface area contributed by atoms with Gasteiger partial charge in [0.15, 0.2) is 17.6 Å². The van der Waals surface area contributed by atoms with Gasteiger partial charge in [-0.2, -0.15) is 0 Å². The lowest BCUT2D eigenvalue weighted by Gasteiger charge is -2.35. The summed E-state index contributed by atoms with van der Waals surface area (Å²) in [5.74, 6) is -2.35. The number of esters is 3. The van der Waals surface area contributed by atoms with Crippen LogP contribution in [0.3, 0.4) is 0 Å². The van der Waals surface area contributed by atoms with Gasteiger partial charge in [-0.3, -0.25) is 14.4 Å². The molecule has 0 aromatic heterocycles. The van der Waals surface area contributed by atoms with Crippen LogP contribution in [0.2, 0.25) is 0 Å². The van der Waals surface area contributed by atoms with Crippen molar-refractivity contribution in [2.45, 2.75) is 82.3 Å². The van der Waals surface area contributed by atoms with Crippen LogP contribution in [0.25, 0.3) is 0 Å². The summed E-state index contributed by atoms with van der Waals surface area (Å²) < 4.78 is 21.7. The smallest absolute Gasteiger partial charge is 0.325 e. The second-order valence-corrected chi connectivity index (χ2v) is 8.60. The van der Waals surface area contributed by atoms with Crippen LogP contribution in [0.15, 0.2) is 18.2 Å². The van der Waals surface area contributed by atoms with E-state index in [1.165, 1.54) is 18.2 Å². The molecule has 0 aliphatic carbocycles. The van der Waals surface area contributed by atoms with Gasteiger partial charge < -0.3 is 34.9 Å². The predicted molar refractivity (Wildman–Crippen MR) is 121 cm³/mol. The average molecular weight is 502 g/mol. The van der Waals surface area contributed by atoms with Crippen molar-refractivity contribution >= 4 is 29.5 Å². The number of carbonyl (C=O) groups excluding carboxylic acids is 3. The van der Waals surface area contributed by atoms with Gasteiger partial charge in [-0.1, -0.05) is 19.9 Å². The van der Waals surface area contributed by atoms with Crippen molar-refractivity contribution in [2.24, 2.45) is 5.73 Å².